The van der Waals surface area contributed by atoms with Crippen LogP contribution in [-0.4, -0.2) is 56.1 Å². The van der Waals surface area contributed by atoms with Crippen LogP contribution in [0.25, 0.3) is 33.5 Å². The van der Waals surface area contributed by atoms with E-state index in [4.69, 9.17) is 5.73 Å². The fourth-order valence-corrected chi connectivity index (χ4v) is 4.82. The van der Waals surface area contributed by atoms with Gasteiger partial charge in [0.25, 0.3) is 0 Å². The van der Waals surface area contributed by atoms with Crippen molar-refractivity contribution in [2.24, 2.45) is 5.73 Å². The third-order valence-corrected chi connectivity index (χ3v) is 7.50. The molecular formula is C32H31F4N7O3. The van der Waals surface area contributed by atoms with Crippen molar-refractivity contribution in [1.82, 2.24) is 25.1 Å². The molecule has 1 atom stereocenters. The van der Waals surface area contributed by atoms with E-state index in [0.29, 0.717) is 12.8 Å². The number of esters is 1. The van der Waals surface area contributed by atoms with Gasteiger partial charge in [-0.05, 0) is 72.0 Å². The van der Waals surface area contributed by atoms with Gasteiger partial charge in [-0.1, -0.05) is 38.1 Å². The molecule has 0 aliphatic rings. The number of hydrogen-bond acceptors (Lipinski definition) is 7. The Morgan fingerprint density at radius 2 is 1.61 bits per heavy atom. The Bertz CT molecular complexity index is 1880. The zero-order chi connectivity index (χ0) is 33.4. The number of nitrogens with two attached hydrogens (primary N) is 1. The summed E-state index contributed by atoms with van der Waals surface area (Å²) in [6.07, 6.45) is 0.270. The molecule has 0 unspecified atom stereocenters. The van der Waals surface area contributed by atoms with E-state index in [1.807, 2.05) is 36.2 Å². The third-order valence-electron chi connectivity index (χ3n) is 7.50. The lowest BCUT2D eigenvalue weighted by atomic mass is 9.97. The Hall–Kier alpha value is -5.11. The van der Waals surface area contributed by atoms with E-state index < -0.39 is 35.6 Å². The average Bonchev–Trinajstić information content (AvgIpc) is 3.69. The second kappa shape index (κ2) is 12.4. The molecule has 0 saturated heterocycles. The number of rotatable bonds is 10. The first kappa shape index (κ1) is 32.3. The number of benzene rings is 3. The quantitative estimate of drug-likeness (QED) is 0.111. The lowest BCUT2D eigenvalue weighted by Gasteiger charge is -2.21. The number of carbonyl (C=O) groups is 2. The summed E-state index contributed by atoms with van der Waals surface area (Å²) in [6.45, 7) is 6.21. The molecule has 2 aromatic heterocycles. The molecule has 0 aliphatic carbocycles. The summed E-state index contributed by atoms with van der Waals surface area (Å²) < 4.78 is 60.1. The minimum absolute atomic E-state index is 0.209. The lowest BCUT2D eigenvalue weighted by molar-refractivity contribution is -0.233. The van der Waals surface area contributed by atoms with Crippen molar-refractivity contribution >= 4 is 28.6 Å². The van der Waals surface area contributed by atoms with Gasteiger partial charge >= 0.3 is 17.8 Å². The van der Waals surface area contributed by atoms with E-state index in [1.54, 1.807) is 0 Å². The molecule has 0 saturated carbocycles. The van der Waals surface area contributed by atoms with E-state index in [0.717, 1.165) is 39.1 Å². The van der Waals surface area contributed by atoms with Crippen molar-refractivity contribution in [2.75, 3.05) is 12.4 Å². The summed E-state index contributed by atoms with van der Waals surface area (Å²) in [5, 5.41) is 9.27. The zero-order valence-corrected chi connectivity index (χ0v) is 25.3. The Morgan fingerprint density at radius 3 is 2.24 bits per heavy atom. The van der Waals surface area contributed by atoms with Crippen molar-refractivity contribution in [2.45, 2.75) is 51.0 Å². The highest BCUT2D eigenvalue weighted by Gasteiger charge is 2.66. The average molecular weight is 638 g/mol. The third kappa shape index (κ3) is 6.20. The number of nitrogens with one attached hydrogen (secondary N) is 3. The first-order valence-corrected chi connectivity index (χ1v) is 14.2. The Morgan fingerprint density at radius 1 is 0.957 bits per heavy atom. The minimum Gasteiger partial charge on any atom is -0.464 e. The molecule has 5 N–H and O–H groups in total. The molecule has 14 heteroatoms. The molecule has 10 nitrogen and oxygen atoms in total. The van der Waals surface area contributed by atoms with Gasteiger partial charge in [0.05, 0.1) is 24.2 Å². The van der Waals surface area contributed by atoms with Gasteiger partial charge < -0.3 is 25.8 Å². The molecule has 0 bridgehead atoms. The van der Waals surface area contributed by atoms with Crippen LogP contribution in [0.2, 0.25) is 0 Å². The highest BCUT2D eigenvalue weighted by Crippen LogP contribution is 2.42. The van der Waals surface area contributed by atoms with Gasteiger partial charge in [-0.3, -0.25) is 4.79 Å². The smallest absolute Gasteiger partial charge is 0.412 e. The number of nitrogens with zero attached hydrogens (tertiary/aromatic N) is 3. The molecule has 3 aromatic carbocycles. The summed E-state index contributed by atoms with van der Waals surface area (Å²) >= 11 is 0. The Balaban J connectivity index is 1.21. The van der Waals surface area contributed by atoms with Crippen LogP contribution in [0.5, 0.6) is 0 Å². The van der Waals surface area contributed by atoms with E-state index in [9.17, 15) is 27.2 Å². The number of anilines is 1. The van der Waals surface area contributed by atoms with Crippen molar-refractivity contribution < 1.29 is 31.9 Å². The van der Waals surface area contributed by atoms with Gasteiger partial charge in [0, 0.05) is 17.2 Å². The second-order valence-electron chi connectivity index (χ2n) is 11.2. The predicted molar refractivity (Wildman–Crippen MR) is 163 cm³/mol. The zero-order valence-electron chi connectivity index (χ0n) is 25.3. The van der Waals surface area contributed by atoms with Crippen molar-refractivity contribution in [3.05, 3.63) is 83.4 Å². The molecular weight excluding hydrogens is 606 g/mol. The first-order chi connectivity index (χ1) is 21.7. The standard InChI is InChI=1S/C32H31F4N7O3/c1-16(2)26-39-24-13-17(3)22(15-25(24)40-26)19-7-5-18(6-8-19)14-23(37)28(44)38-21-11-9-20(10-12-21)27-41-29(43-42-27)31(33,34)32(35,36)30(45)46-4/h5-13,15-16,23H,14,37H2,1-4H3,(H,38,44)(H,39,40)(H,41,42,43)/t23-/m0/s1. The number of H-pyrrole nitrogens is 2. The first-order valence-electron chi connectivity index (χ1n) is 14.2. The number of aromatic nitrogens is 5. The molecule has 5 aromatic rings. The number of hydrogen-bond donors (Lipinski definition) is 4. The van der Waals surface area contributed by atoms with Crippen LogP contribution in [0.15, 0.2) is 60.7 Å². The number of halogens is 4. The number of amides is 1. The molecule has 0 aliphatic heterocycles. The lowest BCUT2D eigenvalue weighted by Crippen LogP contribution is -2.46. The maximum Gasteiger partial charge on any atom is 0.412 e. The van der Waals surface area contributed by atoms with Crippen LogP contribution in [0.1, 0.15) is 42.5 Å². The summed E-state index contributed by atoms with van der Waals surface area (Å²) in [5.41, 5.74) is 12.7. The second-order valence-corrected chi connectivity index (χ2v) is 11.2. The van der Waals surface area contributed by atoms with Crippen LogP contribution >= 0.6 is 0 Å². The summed E-state index contributed by atoms with van der Waals surface area (Å²) in [6, 6.07) is 16.8. The number of ether oxygens (including phenoxy) is 1. The fraction of sp³-hybridized carbons (Fsp3) is 0.281. The number of methoxy groups -OCH3 is 1. The monoisotopic (exact) mass is 637 g/mol. The molecule has 0 fully saturated rings. The molecule has 0 radical (unpaired) electrons. The Labute approximate surface area is 260 Å². The van der Waals surface area contributed by atoms with Gasteiger partial charge in [0.2, 0.25) is 11.7 Å². The normalized spacial score (nSPS) is 12.8. The molecule has 46 heavy (non-hydrogen) atoms. The highest BCUT2D eigenvalue weighted by atomic mass is 19.3. The molecule has 1 amide bonds. The maximum atomic E-state index is 14.3. The SMILES string of the molecule is COC(=O)C(F)(F)C(F)(F)c1nnc(-c2ccc(NC(=O)[C@@H](N)Cc3ccc(-c4cc5[nH]c(C(C)C)nc5cc4C)cc3)cc2)[nH]1. The van der Waals surface area contributed by atoms with Crippen molar-refractivity contribution in [1.29, 1.82) is 0 Å². The van der Waals surface area contributed by atoms with Crippen LogP contribution in [0, 0.1) is 6.92 Å². The van der Waals surface area contributed by atoms with Crippen LogP contribution < -0.4 is 11.1 Å². The molecule has 2 heterocycles. The Kier molecular flexibility index (Phi) is 8.67. The molecule has 240 valence electrons. The maximum absolute atomic E-state index is 14.3. The van der Waals surface area contributed by atoms with Crippen LogP contribution in [0.3, 0.4) is 0 Å². The number of alkyl halides is 4. The molecule has 5 rings (SSSR count). The van der Waals surface area contributed by atoms with E-state index in [-0.39, 0.29) is 23.7 Å². The van der Waals surface area contributed by atoms with Crippen LogP contribution in [-0.2, 0) is 26.7 Å². The minimum atomic E-state index is -5.17. The number of fused-ring (bicyclic) bond motifs is 1. The van der Waals surface area contributed by atoms with Gasteiger partial charge in [0.15, 0.2) is 5.82 Å². The van der Waals surface area contributed by atoms with E-state index in [2.05, 4.69) is 56.2 Å². The van der Waals surface area contributed by atoms with Crippen LogP contribution in [0.4, 0.5) is 23.2 Å². The highest BCUT2D eigenvalue weighted by molar-refractivity contribution is 5.95. The van der Waals surface area contributed by atoms with Gasteiger partial charge in [-0.25, -0.2) is 9.78 Å². The van der Waals surface area contributed by atoms with Crippen molar-refractivity contribution in [3.8, 4) is 22.5 Å². The number of aromatic amines is 2. The summed E-state index contributed by atoms with van der Waals surface area (Å²) in [7, 11) is 0.565. The topological polar surface area (TPSA) is 152 Å². The summed E-state index contributed by atoms with van der Waals surface area (Å²) in [5.74, 6) is -13.6. The number of imidazole rings is 1. The largest absolute Gasteiger partial charge is 0.464 e. The predicted octanol–water partition coefficient (Wildman–Crippen LogP) is 5.86. The van der Waals surface area contributed by atoms with Gasteiger partial charge in [-0.2, -0.15) is 17.6 Å². The number of carbonyl (C=O) groups excluding carboxylic acids is 2. The van der Waals surface area contributed by atoms with E-state index in [1.165, 1.54) is 24.3 Å². The fourth-order valence-electron chi connectivity index (χ4n) is 4.82. The van der Waals surface area contributed by atoms with Gasteiger partial charge in [0.1, 0.15) is 5.82 Å². The number of aryl methyl sites for hydroxylation is 1. The van der Waals surface area contributed by atoms with Crippen molar-refractivity contribution in [3.63, 3.8) is 0 Å². The van der Waals surface area contributed by atoms with E-state index >= 15 is 0 Å². The van der Waals surface area contributed by atoms with Gasteiger partial charge in [-0.15, -0.1) is 10.2 Å². The molecule has 0 spiro atoms. The summed E-state index contributed by atoms with van der Waals surface area (Å²) in [4.78, 5) is 34.0.